The van der Waals surface area contributed by atoms with Crippen LogP contribution in [0.4, 0.5) is 5.69 Å². The number of pyridine rings is 1. The molecule has 0 saturated carbocycles. The SMILES string of the molecule is N#Cc1cc(N2CCC[C@H](O)C2)ccn1. The predicted molar refractivity (Wildman–Crippen MR) is 56.4 cm³/mol. The molecule has 1 aromatic rings. The summed E-state index contributed by atoms with van der Waals surface area (Å²) in [5.41, 5.74) is 1.40. The Morgan fingerprint density at radius 1 is 1.60 bits per heavy atom. The van der Waals surface area contributed by atoms with Crippen LogP contribution in [0, 0.1) is 11.3 Å². The Balaban J connectivity index is 2.18. The van der Waals surface area contributed by atoms with Crippen LogP contribution in [0.15, 0.2) is 18.3 Å². The molecule has 1 fully saturated rings. The predicted octanol–water partition coefficient (Wildman–Crippen LogP) is 0.914. The molecule has 1 saturated heterocycles. The van der Waals surface area contributed by atoms with Crippen LogP contribution in [0.25, 0.3) is 0 Å². The van der Waals surface area contributed by atoms with Crippen LogP contribution in [0.5, 0.6) is 0 Å². The molecule has 2 rings (SSSR count). The van der Waals surface area contributed by atoms with Gasteiger partial charge in [0.1, 0.15) is 11.8 Å². The lowest BCUT2D eigenvalue weighted by atomic mass is 10.1. The van der Waals surface area contributed by atoms with Crippen molar-refractivity contribution in [3.05, 3.63) is 24.0 Å². The van der Waals surface area contributed by atoms with Gasteiger partial charge in [0.2, 0.25) is 0 Å². The highest BCUT2D eigenvalue weighted by atomic mass is 16.3. The molecule has 1 aromatic heterocycles. The molecule has 1 N–H and O–H groups in total. The summed E-state index contributed by atoms with van der Waals surface area (Å²) in [6, 6.07) is 5.65. The Bertz CT molecular complexity index is 386. The van der Waals surface area contributed by atoms with Crippen LogP contribution in [-0.4, -0.2) is 29.3 Å². The molecule has 0 aromatic carbocycles. The van der Waals surface area contributed by atoms with Crippen LogP contribution in [-0.2, 0) is 0 Å². The third kappa shape index (κ3) is 2.25. The summed E-state index contributed by atoms with van der Waals surface area (Å²) in [4.78, 5) is 6.02. The zero-order valence-electron chi connectivity index (χ0n) is 8.43. The third-order valence-corrected chi connectivity index (χ3v) is 2.62. The van der Waals surface area contributed by atoms with E-state index >= 15 is 0 Å². The molecule has 0 bridgehead atoms. The Kier molecular flexibility index (Phi) is 2.84. The number of rotatable bonds is 1. The van der Waals surface area contributed by atoms with E-state index in [1.165, 1.54) is 0 Å². The monoisotopic (exact) mass is 203 g/mol. The van der Waals surface area contributed by atoms with Crippen molar-refractivity contribution in [3.63, 3.8) is 0 Å². The summed E-state index contributed by atoms with van der Waals surface area (Å²) in [6.45, 7) is 1.58. The fourth-order valence-electron chi connectivity index (χ4n) is 1.87. The summed E-state index contributed by atoms with van der Waals surface area (Å²) in [5, 5.41) is 18.3. The van der Waals surface area contributed by atoms with E-state index in [0.717, 1.165) is 25.1 Å². The van der Waals surface area contributed by atoms with Gasteiger partial charge in [-0.15, -0.1) is 0 Å². The van der Waals surface area contributed by atoms with E-state index in [1.54, 1.807) is 12.3 Å². The average molecular weight is 203 g/mol. The van der Waals surface area contributed by atoms with Crippen LogP contribution in [0.1, 0.15) is 18.5 Å². The first-order valence-electron chi connectivity index (χ1n) is 5.09. The number of hydrogen-bond donors (Lipinski definition) is 1. The number of aliphatic hydroxyl groups excluding tert-OH is 1. The van der Waals surface area contributed by atoms with Gasteiger partial charge in [0.05, 0.1) is 6.10 Å². The average Bonchev–Trinajstić information content (AvgIpc) is 2.29. The highest BCUT2D eigenvalue weighted by Gasteiger charge is 2.17. The Labute approximate surface area is 88.8 Å². The fraction of sp³-hybridized carbons (Fsp3) is 0.455. The second kappa shape index (κ2) is 4.28. The van der Waals surface area contributed by atoms with Gasteiger partial charge in [0.25, 0.3) is 0 Å². The van der Waals surface area contributed by atoms with E-state index in [-0.39, 0.29) is 6.10 Å². The lowest BCUT2D eigenvalue weighted by Gasteiger charge is -2.31. The number of aromatic nitrogens is 1. The van der Waals surface area contributed by atoms with E-state index in [2.05, 4.69) is 9.88 Å². The molecule has 15 heavy (non-hydrogen) atoms. The van der Waals surface area contributed by atoms with Gasteiger partial charge in [-0.3, -0.25) is 0 Å². The Morgan fingerprint density at radius 2 is 2.47 bits per heavy atom. The smallest absolute Gasteiger partial charge is 0.142 e. The van der Waals surface area contributed by atoms with Crippen LogP contribution in [0.3, 0.4) is 0 Å². The number of aliphatic hydroxyl groups is 1. The Morgan fingerprint density at radius 3 is 3.20 bits per heavy atom. The maximum Gasteiger partial charge on any atom is 0.142 e. The normalized spacial score (nSPS) is 21.1. The minimum atomic E-state index is -0.252. The lowest BCUT2D eigenvalue weighted by molar-refractivity contribution is 0.154. The first kappa shape index (κ1) is 9.94. The number of piperidine rings is 1. The molecule has 0 radical (unpaired) electrons. The maximum atomic E-state index is 9.55. The van der Waals surface area contributed by atoms with Crippen molar-refractivity contribution in [2.24, 2.45) is 0 Å². The molecule has 4 heteroatoms. The molecule has 4 nitrogen and oxygen atoms in total. The molecule has 1 aliphatic heterocycles. The van der Waals surface area contributed by atoms with Gasteiger partial charge in [-0.1, -0.05) is 0 Å². The fourth-order valence-corrected chi connectivity index (χ4v) is 1.87. The molecule has 0 spiro atoms. The van der Waals surface area contributed by atoms with E-state index in [9.17, 15) is 5.11 Å². The van der Waals surface area contributed by atoms with Gasteiger partial charge in [-0.05, 0) is 25.0 Å². The summed E-state index contributed by atoms with van der Waals surface area (Å²) in [5.74, 6) is 0. The third-order valence-electron chi connectivity index (χ3n) is 2.62. The minimum absolute atomic E-state index is 0.252. The molecule has 0 aliphatic carbocycles. The van der Waals surface area contributed by atoms with E-state index in [4.69, 9.17) is 5.26 Å². The largest absolute Gasteiger partial charge is 0.391 e. The van der Waals surface area contributed by atoms with E-state index < -0.39 is 0 Å². The van der Waals surface area contributed by atoms with Crippen molar-refractivity contribution in [1.82, 2.24) is 4.98 Å². The molecule has 2 heterocycles. The van der Waals surface area contributed by atoms with Gasteiger partial charge in [0.15, 0.2) is 0 Å². The highest BCUT2D eigenvalue weighted by Crippen LogP contribution is 2.19. The topological polar surface area (TPSA) is 60.2 Å². The lowest BCUT2D eigenvalue weighted by Crippen LogP contribution is -2.38. The first-order valence-corrected chi connectivity index (χ1v) is 5.09. The molecule has 0 amide bonds. The van der Waals surface area contributed by atoms with Gasteiger partial charge in [-0.25, -0.2) is 4.98 Å². The molecule has 0 unspecified atom stereocenters. The molecular formula is C11H13N3O. The minimum Gasteiger partial charge on any atom is -0.391 e. The summed E-state index contributed by atoms with van der Waals surface area (Å²) in [7, 11) is 0. The number of anilines is 1. The molecule has 78 valence electrons. The molecular weight excluding hydrogens is 190 g/mol. The zero-order valence-corrected chi connectivity index (χ0v) is 8.43. The summed E-state index contributed by atoms with van der Waals surface area (Å²) < 4.78 is 0. The number of hydrogen-bond acceptors (Lipinski definition) is 4. The first-order chi connectivity index (χ1) is 7.29. The number of nitrogens with zero attached hydrogens (tertiary/aromatic N) is 3. The quantitative estimate of drug-likeness (QED) is 0.737. The number of nitriles is 1. The van der Waals surface area contributed by atoms with E-state index in [1.807, 2.05) is 12.1 Å². The van der Waals surface area contributed by atoms with Crippen LogP contribution < -0.4 is 4.90 Å². The van der Waals surface area contributed by atoms with Gasteiger partial charge < -0.3 is 10.0 Å². The van der Waals surface area contributed by atoms with Crippen molar-refractivity contribution in [1.29, 1.82) is 5.26 Å². The second-order valence-corrected chi connectivity index (χ2v) is 3.75. The standard InChI is InChI=1S/C11H13N3O/c12-7-9-6-10(3-4-13-9)14-5-1-2-11(15)8-14/h3-4,6,11,15H,1-2,5,8H2/t11-/m0/s1. The van der Waals surface area contributed by atoms with Crippen molar-refractivity contribution >= 4 is 5.69 Å². The Hall–Kier alpha value is -1.60. The van der Waals surface area contributed by atoms with Crippen molar-refractivity contribution in [3.8, 4) is 6.07 Å². The number of β-amino-alcohol motifs (C(OH)–C–C–N with tert-alkyl or cyclic N) is 1. The zero-order chi connectivity index (χ0) is 10.7. The summed E-state index contributed by atoms with van der Waals surface area (Å²) in [6.07, 6.45) is 3.24. The van der Waals surface area contributed by atoms with Gasteiger partial charge in [-0.2, -0.15) is 5.26 Å². The van der Waals surface area contributed by atoms with E-state index in [0.29, 0.717) is 12.2 Å². The van der Waals surface area contributed by atoms with Crippen LogP contribution >= 0.6 is 0 Å². The maximum absolute atomic E-state index is 9.55. The van der Waals surface area contributed by atoms with Crippen molar-refractivity contribution in [2.75, 3.05) is 18.0 Å². The van der Waals surface area contributed by atoms with Crippen molar-refractivity contribution in [2.45, 2.75) is 18.9 Å². The van der Waals surface area contributed by atoms with Crippen LogP contribution in [0.2, 0.25) is 0 Å². The van der Waals surface area contributed by atoms with Crippen molar-refractivity contribution < 1.29 is 5.11 Å². The highest BCUT2D eigenvalue weighted by molar-refractivity contribution is 5.49. The summed E-state index contributed by atoms with van der Waals surface area (Å²) >= 11 is 0. The van der Waals surface area contributed by atoms with Gasteiger partial charge >= 0.3 is 0 Å². The van der Waals surface area contributed by atoms with Gasteiger partial charge in [0, 0.05) is 25.0 Å². The second-order valence-electron chi connectivity index (χ2n) is 3.75. The molecule has 1 aliphatic rings. The molecule has 1 atom stereocenters.